The van der Waals surface area contributed by atoms with Gasteiger partial charge in [0.1, 0.15) is 12.4 Å². The lowest BCUT2D eigenvalue weighted by Crippen LogP contribution is -2.38. The molecule has 4 heteroatoms. The summed E-state index contributed by atoms with van der Waals surface area (Å²) < 4.78 is 5.69. The van der Waals surface area contributed by atoms with Gasteiger partial charge in [0.2, 0.25) is 5.91 Å². The zero-order valence-electron chi connectivity index (χ0n) is 13.1. The Kier molecular flexibility index (Phi) is 5.65. The van der Waals surface area contributed by atoms with Gasteiger partial charge < -0.3 is 10.1 Å². The summed E-state index contributed by atoms with van der Waals surface area (Å²) in [5.74, 6) is 2.05. The van der Waals surface area contributed by atoms with Gasteiger partial charge in [-0.25, -0.2) is 0 Å². The van der Waals surface area contributed by atoms with Gasteiger partial charge in [0.15, 0.2) is 0 Å². The number of hydrogen-bond acceptors (Lipinski definition) is 3. The van der Waals surface area contributed by atoms with Gasteiger partial charge in [-0.2, -0.15) is 11.8 Å². The summed E-state index contributed by atoms with van der Waals surface area (Å²) >= 11 is 2.03. The third kappa shape index (κ3) is 4.19. The molecule has 0 bridgehead atoms. The van der Waals surface area contributed by atoms with Crippen molar-refractivity contribution in [2.45, 2.75) is 43.8 Å². The zero-order valence-corrected chi connectivity index (χ0v) is 13.9. The summed E-state index contributed by atoms with van der Waals surface area (Å²) in [7, 11) is 0. The lowest BCUT2D eigenvalue weighted by atomic mass is 9.96. The minimum absolute atomic E-state index is 0.0467. The van der Waals surface area contributed by atoms with Gasteiger partial charge in [-0.05, 0) is 30.9 Å². The monoisotopic (exact) mass is 319 g/mol. The Morgan fingerprint density at radius 2 is 2.05 bits per heavy atom. The number of nitrogens with one attached hydrogen (secondary N) is 1. The number of fused-ring (bicyclic) bond motifs is 1. The molecular formula is C18H25NO2S. The van der Waals surface area contributed by atoms with Crippen molar-refractivity contribution in [3.05, 3.63) is 29.8 Å². The highest BCUT2D eigenvalue weighted by Crippen LogP contribution is 2.28. The molecule has 1 fully saturated rings. The Labute approximate surface area is 137 Å². The summed E-state index contributed by atoms with van der Waals surface area (Å²) in [5.41, 5.74) is 1.14. The van der Waals surface area contributed by atoms with Crippen LogP contribution in [0.25, 0.3) is 0 Å². The summed E-state index contributed by atoms with van der Waals surface area (Å²) in [4.78, 5) is 12.3. The van der Waals surface area contributed by atoms with E-state index >= 15 is 0 Å². The van der Waals surface area contributed by atoms with E-state index in [1.807, 2.05) is 36.0 Å². The Bertz CT molecular complexity index is 500. The van der Waals surface area contributed by atoms with Crippen molar-refractivity contribution in [3.63, 3.8) is 0 Å². The number of thioether (sulfide) groups is 1. The number of benzene rings is 1. The van der Waals surface area contributed by atoms with Crippen LogP contribution in [0.4, 0.5) is 0 Å². The second-order valence-electron chi connectivity index (χ2n) is 6.24. The Morgan fingerprint density at radius 1 is 1.23 bits per heavy atom. The van der Waals surface area contributed by atoms with E-state index in [1.54, 1.807) is 0 Å². The maximum absolute atomic E-state index is 12.3. The molecule has 1 heterocycles. The van der Waals surface area contributed by atoms with Crippen molar-refractivity contribution < 1.29 is 9.53 Å². The fourth-order valence-corrected chi connectivity index (χ4v) is 4.49. The number of carbonyl (C=O) groups is 1. The van der Waals surface area contributed by atoms with Crippen LogP contribution in [0.5, 0.6) is 5.75 Å². The molecule has 0 spiro atoms. The molecule has 3 nitrogen and oxygen atoms in total. The third-order valence-electron chi connectivity index (χ3n) is 4.56. The van der Waals surface area contributed by atoms with Crippen LogP contribution >= 0.6 is 11.8 Å². The average Bonchev–Trinajstić information content (AvgIpc) is 2.59. The van der Waals surface area contributed by atoms with Gasteiger partial charge >= 0.3 is 0 Å². The van der Waals surface area contributed by atoms with Gasteiger partial charge in [-0.1, -0.05) is 37.5 Å². The first-order valence-electron chi connectivity index (χ1n) is 8.43. The van der Waals surface area contributed by atoms with E-state index < -0.39 is 0 Å². The molecule has 1 aliphatic carbocycles. The van der Waals surface area contributed by atoms with Crippen LogP contribution in [0, 0.1) is 5.92 Å². The highest BCUT2D eigenvalue weighted by atomic mass is 32.2. The van der Waals surface area contributed by atoms with Crippen LogP contribution in [0.1, 0.15) is 37.7 Å². The van der Waals surface area contributed by atoms with Crippen molar-refractivity contribution in [2.24, 2.45) is 5.92 Å². The molecule has 1 aromatic carbocycles. The first kappa shape index (κ1) is 15.7. The lowest BCUT2D eigenvalue weighted by molar-refractivity contribution is -0.126. The zero-order chi connectivity index (χ0) is 15.2. The number of ether oxygens (including phenoxy) is 1. The number of para-hydroxylation sites is 1. The van der Waals surface area contributed by atoms with E-state index in [9.17, 15) is 4.79 Å². The summed E-state index contributed by atoms with van der Waals surface area (Å²) in [6.45, 7) is 1.27. The molecule has 120 valence electrons. The number of rotatable bonds is 5. The van der Waals surface area contributed by atoms with Gasteiger partial charge in [-0.3, -0.25) is 4.79 Å². The largest absolute Gasteiger partial charge is 0.492 e. The molecule has 1 N–H and O–H groups in total. The van der Waals surface area contributed by atoms with Gasteiger partial charge in [0, 0.05) is 17.5 Å². The minimum Gasteiger partial charge on any atom is -0.492 e. The minimum atomic E-state index is -0.0467. The smallest absolute Gasteiger partial charge is 0.226 e. The van der Waals surface area contributed by atoms with Crippen LogP contribution in [0.3, 0.4) is 0 Å². The standard InChI is InChI=1S/C18H25NO2S/c20-18(19-10-11-22-16-7-2-1-3-8-16)15-12-14-6-4-5-9-17(14)21-13-15/h4-6,9,15-16H,1-3,7-8,10-13H2,(H,19,20)/t15-/m0/s1. The SMILES string of the molecule is O=C(NCCSC1CCCCC1)[C@@H]1COc2ccccc2C1. The van der Waals surface area contributed by atoms with Crippen molar-refractivity contribution in [1.82, 2.24) is 5.32 Å². The Balaban J connectivity index is 1.37. The van der Waals surface area contributed by atoms with Crippen molar-refractivity contribution in [3.8, 4) is 5.75 Å². The molecule has 1 atom stereocenters. The maximum atomic E-state index is 12.3. The molecule has 1 aromatic rings. The molecule has 1 aliphatic heterocycles. The molecule has 1 saturated carbocycles. The third-order valence-corrected chi connectivity index (χ3v) is 5.94. The van der Waals surface area contributed by atoms with Crippen LogP contribution < -0.4 is 10.1 Å². The molecule has 0 radical (unpaired) electrons. The fraction of sp³-hybridized carbons (Fsp3) is 0.611. The summed E-state index contributed by atoms with van der Waals surface area (Å²) in [6, 6.07) is 8.00. The van der Waals surface area contributed by atoms with Gasteiger partial charge in [0.05, 0.1) is 5.92 Å². The first-order valence-corrected chi connectivity index (χ1v) is 9.48. The lowest BCUT2D eigenvalue weighted by Gasteiger charge is -2.25. The predicted octanol–water partition coefficient (Wildman–Crippen LogP) is 3.42. The number of hydrogen-bond donors (Lipinski definition) is 1. The van der Waals surface area contributed by atoms with Crippen LogP contribution in [0.2, 0.25) is 0 Å². The second-order valence-corrected chi connectivity index (χ2v) is 7.65. The maximum Gasteiger partial charge on any atom is 0.226 e. The van der Waals surface area contributed by atoms with Crippen molar-refractivity contribution in [2.75, 3.05) is 18.9 Å². The average molecular weight is 319 g/mol. The molecule has 3 rings (SSSR count). The van der Waals surface area contributed by atoms with Crippen LogP contribution in [0.15, 0.2) is 24.3 Å². The van der Waals surface area contributed by atoms with Gasteiger partial charge in [-0.15, -0.1) is 0 Å². The molecule has 2 aliphatic rings. The Hall–Kier alpha value is -1.16. The highest BCUT2D eigenvalue weighted by molar-refractivity contribution is 7.99. The summed E-state index contributed by atoms with van der Waals surface area (Å²) in [5, 5.41) is 3.90. The number of amides is 1. The number of carbonyl (C=O) groups excluding carboxylic acids is 1. The Morgan fingerprint density at radius 3 is 2.91 bits per heavy atom. The predicted molar refractivity (Wildman–Crippen MR) is 91.5 cm³/mol. The molecular weight excluding hydrogens is 294 g/mol. The van der Waals surface area contributed by atoms with E-state index in [2.05, 4.69) is 5.32 Å². The fourth-order valence-electron chi connectivity index (χ4n) is 3.27. The normalized spacial score (nSPS) is 21.7. The van der Waals surface area contributed by atoms with Crippen molar-refractivity contribution >= 4 is 17.7 Å². The van der Waals surface area contributed by atoms with E-state index in [4.69, 9.17) is 4.74 Å². The second kappa shape index (κ2) is 7.91. The van der Waals surface area contributed by atoms with E-state index in [1.165, 1.54) is 32.1 Å². The van der Waals surface area contributed by atoms with Gasteiger partial charge in [0.25, 0.3) is 0 Å². The quantitative estimate of drug-likeness (QED) is 0.845. The van der Waals surface area contributed by atoms with E-state index in [0.29, 0.717) is 6.61 Å². The first-order chi connectivity index (χ1) is 10.8. The van der Waals surface area contributed by atoms with E-state index in [-0.39, 0.29) is 11.8 Å². The van der Waals surface area contributed by atoms with Crippen LogP contribution in [-0.4, -0.2) is 30.1 Å². The molecule has 0 unspecified atom stereocenters. The molecule has 22 heavy (non-hydrogen) atoms. The molecule has 1 amide bonds. The highest BCUT2D eigenvalue weighted by Gasteiger charge is 2.25. The van der Waals surface area contributed by atoms with Crippen LogP contribution in [-0.2, 0) is 11.2 Å². The van der Waals surface area contributed by atoms with E-state index in [0.717, 1.165) is 35.3 Å². The molecule has 0 saturated heterocycles. The van der Waals surface area contributed by atoms with Crippen molar-refractivity contribution in [1.29, 1.82) is 0 Å². The molecule has 0 aromatic heterocycles. The summed E-state index contributed by atoms with van der Waals surface area (Å²) in [6.07, 6.45) is 7.65. The topological polar surface area (TPSA) is 38.3 Å².